The fourth-order valence-electron chi connectivity index (χ4n) is 1.63. The summed E-state index contributed by atoms with van der Waals surface area (Å²) in [6, 6.07) is 5.20. The molecule has 0 aliphatic carbocycles. The van der Waals surface area contributed by atoms with Gasteiger partial charge < -0.3 is 9.52 Å². The lowest BCUT2D eigenvalue weighted by molar-refractivity contribution is 0.182. The molecule has 18 heavy (non-hydrogen) atoms. The fourth-order valence-corrected chi connectivity index (χ4v) is 1.95. The third-order valence-corrected chi connectivity index (χ3v) is 3.24. The van der Waals surface area contributed by atoms with E-state index in [1.807, 2.05) is 6.92 Å². The zero-order valence-corrected chi connectivity index (χ0v) is 11.2. The Morgan fingerprint density at radius 2 is 2.00 bits per heavy atom. The first-order chi connectivity index (χ1) is 8.52. The van der Waals surface area contributed by atoms with Crippen LogP contribution in [0.25, 0.3) is 0 Å². The van der Waals surface area contributed by atoms with Gasteiger partial charge in [0.15, 0.2) is 0 Å². The van der Waals surface area contributed by atoms with Crippen molar-refractivity contribution in [1.29, 1.82) is 0 Å². The zero-order valence-electron chi connectivity index (χ0n) is 9.58. The molecule has 0 aliphatic rings. The van der Waals surface area contributed by atoms with Crippen LogP contribution in [0.5, 0.6) is 0 Å². The van der Waals surface area contributed by atoms with Gasteiger partial charge in [-0.05, 0) is 40.2 Å². The number of rotatable bonds is 3. The van der Waals surface area contributed by atoms with Crippen molar-refractivity contribution in [3.8, 4) is 0 Å². The van der Waals surface area contributed by atoms with Crippen molar-refractivity contribution >= 4 is 15.9 Å². The van der Waals surface area contributed by atoms with Gasteiger partial charge in [0.25, 0.3) is 0 Å². The summed E-state index contributed by atoms with van der Waals surface area (Å²) >= 11 is 2.88. The lowest BCUT2D eigenvalue weighted by Gasteiger charge is -2.10. The van der Waals surface area contributed by atoms with Gasteiger partial charge in [-0.2, -0.15) is 0 Å². The Morgan fingerprint density at radius 1 is 1.28 bits per heavy atom. The van der Waals surface area contributed by atoms with Gasteiger partial charge in [0.05, 0.1) is 4.47 Å². The van der Waals surface area contributed by atoms with Crippen molar-refractivity contribution in [1.82, 2.24) is 0 Å². The average Bonchev–Trinajstić information content (AvgIpc) is 2.81. The Labute approximate surface area is 111 Å². The van der Waals surface area contributed by atoms with Crippen LogP contribution in [-0.4, -0.2) is 5.11 Å². The third-order valence-electron chi connectivity index (χ3n) is 2.63. The molecule has 2 rings (SSSR count). The first-order valence-electron chi connectivity index (χ1n) is 5.44. The molecular formula is C13H11BrF2O2. The highest BCUT2D eigenvalue weighted by Crippen LogP contribution is 2.29. The molecule has 96 valence electrons. The summed E-state index contributed by atoms with van der Waals surface area (Å²) in [6.07, 6.45) is -0.642. The Bertz CT molecular complexity index is 566. The van der Waals surface area contributed by atoms with Gasteiger partial charge in [-0.1, -0.05) is 6.92 Å². The minimum Gasteiger partial charge on any atom is -0.463 e. The number of aryl methyl sites for hydroxylation is 1. The summed E-state index contributed by atoms with van der Waals surface area (Å²) < 4.78 is 32.3. The van der Waals surface area contributed by atoms with Gasteiger partial charge in [-0.15, -0.1) is 0 Å². The predicted octanol–water partition coefficient (Wildman–Crippen LogP) is 3.96. The monoisotopic (exact) mass is 316 g/mol. The van der Waals surface area contributed by atoms with Crippen LogP contribution < -0.4 is 0 Å². The largest absolute Gasteiger partial charge is 0.463 e. The van der Waals surface area contributed by atoms with Gasteiger partial charge in [0.2, 0.25) is 0 Å². The van der Waals surface area contributed by atoms with Crippen LogP contribution in [0.1, 0.15) is 30.1 Å². The third kappa shape index (κ3) is 2.47. The van der Waals surface area contributed by atoms with Crippen molar-refractivity contribution in [3.05, 3.63) is 57.5 Å². The van der Waals surface area contributed by atoms with Crippen molar-refractivity contribution in [2.45, 2.75) is 19.4 Å². The molecule has 1 atom stereocenters. The molecular weight excluding hydrogens is 306 g/mol. The van der Waals surface area contributed by atoms with Gasteiger partial charge in [-0.25, -0.2) is 8.78 Å². The molecule has 0 radical (unpaired) electrons. The Kier molecular flexibility index (Phi) is 3.82. The van der Waals surface area contributed by atoms with Crippen molar-refractivity contribution in [2.24, 2.45) is 0 Å². The molecule has 2 nitrogen and oxygen atoms in total. The van der Waals surface area contributed by atoms with Crippen LogP contribution in [0, 0.1) is 11.6 Å². The van der Waals surface area contributed by atoms with Gasteiger partial charge in [-0.3, -0.25) is 0 Å². The maximum atomic E-state index is 13.7. The van der Waals surface area contributed by atoms with E-state index in [0.29, 0.717) is 12.2 Å². The fraction of sp³-hybridized carbons (Fsp3) is 0.231. The molecule has 0 bridgehead atoms. The van der Waals surface area contributed by atoms with E-state index in [2.05, 4.69) is 15.9 Å². The molecule has 0 spiro atoms. The minimum absolute atomic E-state index is 0.0182. The number of aliphatic hydroxyl groups excluding tert-OH is 1. The topological polar surface area (TPSA) is 33.4 Å². The normalized spacial score (nSPS) is 12.7. The van der Waals surface area contributed by atoms with Crippen LogP contribution >= 0.6 is 15.9 Å². The average molecular weight is 317 g/mol. The van der Waals surface area contributed by atoms with Gasteiger partial charge in [0.1, 0.15) is 29.3 Å². The summed E-state index contributed by atoms with van der Waals surface area (Å²) in [6.45, 7) is 1.90. The van der Waals surface area contributed by atoms with E-state index < -0.39 is 17.7 Å². The first kappa shape index (κ1) is 13.2. The summed E-state index contributed by atoms with van der Waals surface area (Å²) in [4.78, 5) is 0. The van der Waals surface area contributed by atoms with E-state index in [4.69, 9.17) is 4.42 Å². The van der Waals surface area contributed by atoms with Gasteiger partial charge >= 0.3 is 0 Å². The Balaban J connectivity index is 2.39. The van der Waals surface area contributed by atoms with Crippen LogP contribution in [0.15, 0.2) is 33.2 Å². The van der Waals surface area contributed by atoms with Gasteiger partial charge in [0, 0.05) is 12.0 Å². The number of halogens is 3. The first-order valence-corrected chi connectivity index (χ1v) is 6.23. The molecule has 0 saturated carbocycles. The Hall–Kier alpha value is -1.20. The number of hydrogen-bond acceptors (Lipinski definition) is 2. The SMILES string of the molecule is CCc1ccc(C(O)c2cc(F)c(Br)cc2F)o1. The van der Waals surface area contributed by atoms with Crippen molar-refractivity contribution < 1.29 is 18.3 Å². The molecule has 1 unspecified atom stereocenters. The molecule has 1 aromatic heterocycles. The molecule has 2 aromatic rings. The van der Waals surface area contributed by atoms with Crippen molar-refractivity contribution in [3.63, 3.8) is 0 Å². The summed E-state index contributed by atoms with van der Waals surface area (Å²) in [5.41, 5.74) is -0.146. The lowest BCUT2D eigenvalue weighted by atomic mass is 10.1. The van der Waals surface area contributed by atoms with Crippen LogP contribution in [-0.2, 0) is 6.42 Å². The van der Waals surface area contributed by atoms with E-state index in [-0.39, 0.29) is 15.8 Å². The smallest absolute Gasteiger partial charge is 0.140 e. The number of furan rings is 1. The van der Waals surface area contributed by atoms with E-state index >= 15 is 0 Å². The molecule has 0 saturated heterocycles. The molecule has 0 fully saturated rings. The zero-order chi connectivity index (χ0) is 13.3. The second-order valence-corrected chi connectivity index (χ2v) is 4.70. The highest BCUT2D eigenvalue weighted by atomic mass is 79.9. The molecule has 5 heteroatoms. The molecule has 1 N–H and O–H groups in total. The number of aliphatic hydroxyl groups is 1. The second-order valence-electron chi connectivity index (χ2n) is 3.85. The van der Waals surface area contributed by atoms with E-state index in [1.165, 1.54) is 0 Å². The van der Waals surface area contributed by atoms with E-state index in [1.54, 1.807) is 12.1 Å². The minimum atomic E-state index is -1.31. The highest BCUT2D eigenvalue weighted by molar-refractivity contribution is 9.10. The maximum absolute atomic E-state index is 13.7. The van der Waals surface area contributed by atoms with E-state index in [0.717, 1.165) is 12.1 Å². The summed E-state index contributed by atoms with van der Waals surface area (Å²) in [5.74, 6) is -0.438. The predicted molar refractivity (Wildman–Crippen MR) is 66.2 cm³/mol. The molecule has 1 aromatic carbocycles. The molecule has 0 aliphatic heterocycles. The molecule has 0 amide bonds. The summed E-state index contributed by atoms with van der Waals surface area (Å²) in [7, 11) is 0. The highest BCUT2D eigenvalue weighted by Gasteiger charge is 2.20. The number of benzene rings is 1. The summed E-state index contributed by atoms with van der Waals surface area (Å²) in [5, 5.41) is 9.98. The van der Waals surface area contributed by atoms with Crippen LogP contribution in [0.3, 0.4) is 0 Å². The van der Waals surface area contributed by atoms with E-state index in [9.17, 15) is 13.9 Å². The lowest BCUT2D eigenvalue weighted by Crippen LogP contribution is -2.02. The quantitative estimate of drug-likeness (QED) is 0.869. The van der Waals surface area contributed by atoms with Crippen molar-refractivity contribution in [2.75, 3.05) is 0 Å². The Morgan fingerprint density at radius 3 is 2.61 bits per heavy atom. The second kappa shape index (κ2) is 5.20. The van der Waals surface area contributed by atoms with Crippen LogP contribution in [0.2, 0.25) is 0 Å². The maximum Gasteiger partial charge on any atom is 0.140 e. The molecule has 1 heterocycles. The number of hydrogen-bond donors (Lipinski definition) is 1. The van der Waals surface area contributed by atoms with Crippen LogP contribution in [0.4, 0.5) is 8.78 Å². The standard InChI is InChI=1S/C13H11BrF2O2/c1-2-7-3-4-12(18-7)13(17)8-5-11(16)9(14)6-10(8)15/h3-6,13,17H,2H2,1H3.